The molecule has 1 aromatic heterocycles. The molecule has 0 unspecified atom stereocenters. The van der Waals surface area contributed by atoms with Crippen molar-refractivity contribution in [2.75, 3.05) is 13.1 Å². The molecule has 9 heteroatoms. The molecule has 0 aliphatic carbocycles. The van der Waals surface area contributed by atoms with Gasteiger partial charge in [0.25, 0.3) is 10.0 Å². The molecule has 0 saturated carbocycles. The Balaban J connectivity index is 2.97. The molecule has 0 radical (unpaired) electrons. The lowest BCUT2D eigenvalue weighted by Crippen LogP contribution is -2.36. The summed E-state index contributed by atoms with van der Waals surface area (Å²) >= 11 is 4.43. The first-order valence-electron chi connectivity index (χ1n) is 5.99. The van der Waals surface area contributed by atoms with Gasteiger partial charge in [0.1, 0.15) is 10.0 Å². The third-order valence-corrected chi connectivity index (χ3v) is 6.41. The van der Waals surface area contributed by atoms with Crippen molar-refractivity contribution >= 4 is 43.1 Å². The second kappa shape index (κ2) is 7.39. The number of nitrogens with zero attached hydrogens (tertiary/aromatic N) is 2. The summed E-state index contributed by atoms with van der Waals surface area (Å²) in [6, 6.07) is 3.27. The van der Waals surface area contributed by atoms with Crippen molar-refractivity contribution in [3.05, 3.63) is 15.9 Å². The van der Waals surface area contributed by atoms with E-state index in [0.717, 1.165) is 3.79 Å². The van der Waals surface area contributed by atoms with Gasteiger partial charge in [0.15, 0.2) is 0 Å². The van der Waals surface area contributed by atoms with Crippen molar-refractivity contribution in [2.24, 2.45) is 16.8 Å². The fraction of sp³-hybridized carbons (Fsp3) is 0.545. The van der Waals surface area contributed by atoms with Crippen LogP contribution in [-0.4, -0.2) is 36.9 Å². The van der Waals surface area contributed by atoms with Crippen LogP contribution in [0.4, 0.5) is 0 Å². The van der Waals surface area contributed by atoms with Crippen LogP contribution in [0.5, 0.6) is 0 Å². The molecular formula is C11H18BrN3O3S2. The maximum Gasteiger partial charge on any atom is 0.252 e. The molecule has 0 spiro atoms. The molecule has 0 aliphatic heterocycles. The van der Waals surface area contributed by atoms with Gasteiger partial charge in [0, 0.05) is 19.5 Å². The van der Waals surface area contributed by atoms with Crippen LogP contribution < -0.4 is 5.73 Å². The predicted octanol–water partition coefficient (Wildman–Crippen LogP) is 2.29. The Morgan fingerprint density at radius 3 is 2.65 bits per heavy atom. The highest BCUT2D eigenvalue weighted by Gasteiger charge is 2.26. The number of hydrogen-bond acceptors (Lipinski definition) is 5. The van der Waals surface area contributed by atoms with Crippen LogP contribution in [0.15, 0.2) is 25.3 Å². The Bertz CT molecular complexity index is 569. The zero-order chi connectivity index (χ0) is 15.3. The minimum Gasteiger partial charge on any atom is -0.409 e. The molecule has 3 N–H and O–H groups in total. The molecule has 0 aromatic carbocycles. The third-order valence-electron chi connectivity index (χ3n) is 2.46. The van der Waals surface area contributed by atoms with Crippen LogP contribution in [0.25, 0.3) is 0 Å². The Morgan fingerprint density at radius 2 is 2.20 bits per heavy atom. The number of thiophene rings is 1. The monoisotopic (exact) mass is 383 g/mol. The summed E-state index contributed by atoms with van der Waals surface area (Å²) < 4.78 is 27.5. The van der Waals surface area contributed by atoms with E-state index in [1.54, 1.807) is 12.1 Å². The Labute approximate surface area is 131 Å². The number of rotatable bonds is 7. The first kappa shape index (κ1) is 17.4. The number of nitrogens with two attached hydrogens (primary N) is 1. The van der Waals surface area contributed by atoms with E-state index in [9.17, 15) is 8.42 Å². The van der Waals surface area contributed by atoms with Gasteiger partial charge in [0.2, 0.25) is 0 Å². The van der Waals surface area contributed by atoms with Crippen molar-refractivity contribution < 1.29 is 13.6 Å². The van der Waals surface area contributed by atoms with Gasteiger partial charge >= 0.3 is 0 Å². The minimum absolute atomic E-state index is 0.0151. The summed E-state index contributed by atoms with van der Waals surface area (Å²) in [7, 11) is -3.55. The Hall–Kier alpha value is -0.640. The standard InChI is InChI=1S/C11H18BrN3O3S2/c1-8(2)7-15(6-5-10(13)14-16)20(17,18)11-4-3-9(12)19-11/h3-4,8,16H,5-7H2,1-2H3,(H2,13,14). The van der Waals surface area contributed by atoms with E-state index in [4.69, 9.17) is 10.9 Å². The van der Waals surface area contributed by atoms with Gasteiger partial charge in [0.05, 0.1) is 3.79 Å². The van der Waals surface area contributed by atoms with Crippen molar-refractivity contribution in [3.8, 4) is 0 Å². The van der Waals surface area contributed by atoms with Crippen LogP contribution in [0.3, 0.4) is 0 Å². The lowest BCUT2D eigenvalue weighted by atomic mass is 10.2. The summed E-state index contributed by atoms with van der Waals surface area (Å²) in [6.07, 6.45) is 0.189. The lowest BCUT2D eigenvalue weighted by Gasteiger charge is -2.22. The maximum absolute atomic E-state index is 12.6. The molecular weight excluding hydrogens is 366 g/mol. The van der Waals surface area contributed by atoms with Gasteiger partial charge in [-0.15, -0.1) is 11.3 Å². The molecule has 1 heterocycles. The summed E-state index contributed by atoms with van der Waals surface area (Å²) in [6.45, 7) is 4.45. The zero-order valence-electron chi connectivity index (χ0n) is 11.3. The molecule has 0 saturated heterocycles. The average Bonchev–Trinajstić information content (AvgIpc) is 2.80. The molecule has 20 heavy (non-hydrogen) atoms. The predicted molar refractivity (Wildman–Crippen MR) is 83.6 cm³/mol. The molecule has 0 fully saturated rings. The van der Waals surface area contributed by atoms with Crippen LogP contribution in [0.2, 0.25) is 0 Å². The third kappa shape index (κ3) is 4.72. The normalized spacial score (nSPS) is 13.3. The minimum atomic E-state index is -3.55. The first-order chi connectivity index (χ1) is 9.27. The second-order valence-electron chi connectivity index (χ2n) is 4.66. The number of hydrogen-bond donors (Lipinski definition) is 2. The summed E-state index contributed by atoms with van der Waals surface area (Å²) in [5, 5.41) is 11.4. The number of sulfonamides is 1. The molecule has 6 nitrogen and oxygen atoms in total. The van der Waals surface area contributed by atoms with Crippen LogP contribution in [0, 0.1) is 5.92 Å². The van der Waals surface area contributed by atoms with Gasteiger partial charge in [-0.1, -0.05) is 19.0 Å². The largest absolute Gasteiger partial charge is 0.409 e. The van der Waals surface area contributed by atoms with Gasteiger partial charge in [-0.2, -0.15) is 4.31 Å². The van der Waals surface area contributed by atoms with Crippen molar-refractivity contribution in [2.45, 2.75) is 24.5 Å². The molecule has 0 aliphatic rings. The quantitative estimate of drug-likeness (QED) is 0.326. The smallest absolute Gasteiger partial charge is 0.252 e. The van der Waals surface area contributed by atoms with Gasteiger partial charge < -0.3 is 10.9 Å². The summed E-state index contributed by atoms with van der Waals surface area (Å²) in [5.41, 5.74) is 5.41. The van der Waals surface area contributed by atoms with Crippen LogP contribution >= 0.6 is 27.3 Å². The maximum atomic E-state index is 12.6. The Kier molecular flexibility index (Phi) is 6.44. The van der Waals surface area contributed by atoms with Crippen molar-refractivity contribution in [1.29, 1.82) is 0 Å². The Morgan fingerprint density at radius 1 is 1.55 bits per heavy atom. The van der Waals surface area contributed by atoms with Crippen molar-refractivity contribution in [1.82, 2.24) is 4.31 Å². The molecule has 1 rings (SSSR count). The molecule has 1 aromatic rings. The number of halogens is 1. The van der Waals surface area contributed by atoms with E-state index < -0.39 is 10.0 Å². The fourth-order valence-electron chi connectivity index (χ4n) is 1.57. The second-order valence-corrected chi connectivity index (χ2v) is 9.28. The van der Waals surface area contributed by atoms with E-state index in [0.29, 0.717) is 6.54 Å². The number of oxime groups is 1. The molecule has 0 atom stereocenters. The van der Waals surface area contributed by atoms with Gasteiger partial charge in [-0.05, 0) is 34.0 Å². The highest BCUT2D eigenvalue weighted by molar-refractivity contribution is 9.11. The van der Waals surface area contributed by atoms with E-state index in [1.165, 1.54) is 15.6 Å². The highest BCUT2D eigenvalue weighted by Crippen LogP contribution is 2.28. The molecule has 0 amide bonds. The lowest BCUT2D eigenvalue weighted by molar-refractivity contribution is 0.314. The number of amidine groups is 1. The fourth-order valence-corrected chi connectivity index (χ4v) is 5.34. The highest BCUT2D eigenvalue weighted by atomic mass is 79.9. The van der Waals surface area contributed by atoms with Gasteiger partial charge in [-0.25, -0.2) is 8.42 Å². The van der Waals surface area contributed by atoms with Crippen LogP contribution in [-0.2, 0) is 10.0 Å². The molecule has 0 bridgehead atoms. The first-order valence-corrected chi connectivity index (χ1v) is 9.04. The van der Waals surface area contributed by atoms with Crippen molar-refractivity contribution in [3.63, 3.8) is 0 Å². The van der Waals surface area contributed by atoms with E-state index in [1.807, 2.05) is 13.8 Å². The molecule has 114 valence electrons. The van der Waals surface area contributed by atoms with Crippen LogP contribution in [0.1, 0.15) is 20.3 Å². The average molecular weight is 384 g/mol. The van der Waals surface area contributed by atoms with E-state index in [-0.39, 0.29) is 28.9 Å². The van der Waals surface area contributed by atoms with E-state index >= 15 is 0 Å². The summed E-state index contributed by atoms with van der Waals surface area (Å²) in [4.78, 5) is 0. The zero-order valence-corrected chi connectivity index (χ0v) is 14.5. The summed E-state index contributed by atoms with van der Waals surface area (Å²) in [5.74, 6) is 0.196. The van der Waals surface area contributed by atoms with E-state index in [2.05, 4.69) is 21.1 Å². The SMILES string of the molecule is CC(C)CN(CCC(N)=NO)S(=O)(=O)c1ccc(Br)s1. The van der Waals surface area contributed by atoms with Gasteiger partial charge in [-0.3, -0.25) is 0 Å². The topological polar surface area (TPSA) is 96.0 Å².